The first kappa shape index (κ1) is 29.8. The van der Waals surface area contributed by atoms with Crippen molar-refractivity contribution in [1.29, 1.82) is 0 Å². The van der Waals surface area contributed by atoms with Gasteiger partial charge in [0.15, 0.2) is 5.79 Å². The molecule has 1 saturated heterocycles. The SMILES string of the molecule is CC(C)(C)ONC1(CCc2ccc(OCCCc3csc4ccccc34)c(C(F)(F)F)c2)COC(C)(C)OC1. The molecule has 0 spiro atoms. The number of hydrogen-bond acceptors (Lipinski definition) is 6. The fraction of sp³-hybridized carbons (Fsp3) is 0.533. The van der Waals surface area contributed by atoms with Crippen molar-refractivity contribution in [3.8, 4) is 5.75 Å². The normalized spacial score (nSPS) is 17.4. The molecule has 3 aromatic rings. The number of aryl methyl sites for hydroxylation is 2. The van der Waals surface area contributed by atoms with Gasteiger partial charge in [-0.15, -0.1) is 11.3 Å². The van der Waals surface area contributed by atoms with Crippen molar-refractivity contribution < 1.29 is 32.2 Å². The molecule has 0 bridgehead atoms. The van der Waals surface area contributed by atoms with Gasteiger partial charge in [0.1, 0.15) is 5.75 Å². The Bertz CT molecular complexity index is 1240. The van der Waals surface area contributed by atoms with Gasteiger partial charge in [-0.25, -0.2) is 0 Å². The molecule has 9 heteroatoms. The summed E-state index contributed by atoms with van der Waals surface area (Å²) < 4.78 is 60.6. The second-order valence-electron chi connectivity index (χ2n) is 11.6. The number of fused-ring (bicyclic) bond motifs is 1. The van der Waals surface area contributed by atoms with Crippen molar-refractivity contribution in [3.63, 3.8) is 0 Å². The van der Waals surface area contributed by atoms with Crippen molar-refractivity contribution >= 4 is 21.4 Å². The molecule has 0 atom stereocenters. The maximum absolute atomic E-state index is 14.0. The summed E-state index contributed by atoms with van der Waals surface area (Å²) in [5, 5.41) is 3.30. The Hall–Kier alpha value is -2.17. The van der Waals surface area contributed by atoms with Gasteiger partial charge >= 0.3 is 6.18 Å². The number of alkyl halides is 3. The van der Waals surface area contributed by atoms with E-state index in [-0.39, 0.29) is 12.4 Å². The third kappa shape index (κ3) is 8.17. The highest BCUT2D eigenvalue weighted by Crippen LogP contribution is 2.38. The smallest absolute Gasteiger partial charge is 0.419 e. The maximum Gasteiger partial charge on any atom is 0.419 e. The van der Waals surface area contributed by atoms with Crippen LogP contribution >= 0.6 is 11.3 Å². The van der Waals surface area contributed by atoms with Crippen LogP contribution in [0.4, 0.5) is 13.2 Å². The van der Waals surface area contributed by atoms with Crippen molar-refractivity contribution in [2.75, 3.05) is 19.8 Å². The predicted molar refractivity (Wildman–Crippen MR) is 148 cm³/mol. The Morgan fingerprint density at radius 3 is 2.41 bits per heavy atom. The molecule has 214 valence electrons. The number of benzene rings is 2. The van der Waals surface area contributed by atoms with Crippen molar-refractivity contribution in [2.45, 2.75) is 83.4 Å². The molecule has 39 heavy (non-hydrogen) atoms. The van der Waals surface area contributed by atoms with Crippen LogP contribution in [0, 0.1) is 0 Å². The van der Waals surface area contributed by atoms with Crippen LogP contribution < -0.4 is 10.2 Å². The molecule has 1 aromatic heterocycles. The van der Waals surface area contributed by atoms with Gasteiger partial charge in [0.05, 0.1) is 36.5 Å². The maximum atomic E-state index is 14.0. The Kier molecular flexibility index (Phi) is 8.98. The van der Waals surface area contributed by atoms with Crippen LogP contribution in [0.25, 0.3) is 10.1 Å². The first-order chi connectivity index (χ1) is 18.3. The zero-order valence-corrected chi connectivity index (χ0v) is 24.1. The summed E-state index contributed by atoms with van der Waals surface area (Å²) in [5.41, 5.74) is 2.94. The number of hydroxylamine groups is 1. The molecule has 1 aliphatic rings. The molecule has 1 fully saturated rings. The summed E-state index contributed by atoms with van der Waals surface area (Å²) in [4.78, 5) is 5.82. The Morgan fingerprint density at radius 2 is 1.72 bits per heavy atom. The number of halogens is 3. The van der Waals surface area contributed by atoms with Crippen LogP contribution in [0.5, 0.6) is 5.75 Å². The van der Waals surface area contributed by atoms with E-state index >= 15 is 0 Å². The second kappa shape index (κ2) is 11.7. The molecule has 4 rings (SSSR count). The third-order valence-corrected chi connectivity index (χ3v) is 7.63. The number of nitrogens with one attached hydrogen (secondary N) is 1. The zero-order valence-electron chi connectivity index (χ0n) is 23.2. The lowest BCUT2D eigenvalue weighted by atomic mass is 9.91. The topological polar surface area (TPSA) is 49.0 Å². The van der Waals surface area contributed by atoms with Gasteiger partial charge in [0, 0.05) is 4.70 Å². The molecule has 0 radical (unpaired) electrons. The zero-order chi connectivity index (χ0) is 28.3. The lowest BCUT2D eigenvalue weighted by Gasteiger charge is -2.44. The molecule has 1 N–H and O–H groups in total. The minimum absolute atomic E-state index is 0.142. The van der Waals surface area contributed by atoms with Gasteiger partial charge in [-0.05, 0) is 100 Å². The minimum atomic E-state index is -4.53. The second-order valence-corrected chi connectivity index (χ2v) is 12.5. The van der Waals surface area contributed by atoms with Crippen molar-refractivity contribution in [1.82, 2.24) is 5.48 Å². The van der Waals surface area contributed by atoms with Gasteiger partial charge in [0.25, 0.3) is 0 Å². The highest BCUT2D eigenvalue weighted by atomic mass is 32.1. The predicted octanol–water partition coefficient (Wildman–Crippen LogP) is 7.71. The molecular weight excluding hydrogens is 527 g/mol. The lowest BCUT2D eigenvalue weighted by molar-refractivity contribution is -0.291. The minimum Gasteiger partial charge on any atom is -0.493 e. The number of rotatable bonds is 10. The summed E-state index contributed by atoms with van der Waals surface area (Å²) in [6.07, 6.45) is -2.32. The molecule has 0 saturated carbocycles. The van der Waals surface area contributed by atoms with Gasteiger partial charge in [-0.3, -0.25) is 4.84 Å². The van der Waals surface area contributed by atoms with E-state index in [1.54, 1.807) is 17.4 Å². The quantitative estimate of drug-likeness (QED) is 0.202. The Labute approximate surface area is 232 Å². The Balaban J connectivity index is 1.40. The van der Waals surface area contributed by atoms with Crippen LogP contribution in [0.1, 0.15) is 64.2 Å². The van der Waals surface area contributed by atoms with Gasteiger partial charge in [-0.1, -0.05) is 24.3 Å². The highest BCUT2D eigenvalue weighted by molar-refractivity contribution is 7.17. The molecule has 0 aliphatic carbocycles. The largest absolute Gasteiger partial charge is 0.493 e. The van der Waals surface area contributed by atoms with E-state index in [1.165, 1.54) is 27.8 Å². The average molecular weight is 566 g/mol. The van der Waals surface area contributed by atoms with Crippen LogP contribution in [0.15, 0.2) is 47.8 Å². The van der Waals surface area contributed by atoms with Gasteiger partial charge in [0.2, 0.25) is 0 Å². The van der Waals surface area contributed by atoms with E-state index < -0.39 is 28.7 Å². The summed E-state index contributed by atoms with van der Waals surface area (Å²) in [6.45, 7) is 10.2. The average Bonchev–Trinajstić information content (AvgIpc) is 3.28. The number of hydrogen-bond donors (Lipinski definition) is 1. The van der Waals surface area contributed by atoms with E-state index in [1.807, 2.05) is 46.8 Å². The fourth-order valence-electron chi connectivity index (χ4n) is 4.36. The van der Waals surface area contributed by atoms with Gasteiger partial charge < -0.3 is 14.2 Å². The number of ether oxygens (including phenoxy) is 3. The number of thiophene rings is 1. The van der Waals surface area contributed by atoms with Crippen LogP contribution in [-0.2, 0) is 33.3 Å². The first-order valence-corrected chi connectivity index (χ1v) is 14.1. The fourth-order valence-corrected chi connectivity index (χ4v) is 5.35. The van der Waals surface area contributed by atoms with Crippen molar-refractivity contribution in [2.24, 2.45) is 0 Å². The van der Waals surface area contributed by atoms with Crippen LogP contribution in [-0.4, -0.2) is 36.7 Å². The molecular formula is C30H38F3NO4S. The highest BCUT2D eigenvalue weighted by Gasteiger charge is 2.41. The molecule has 0 amide bonds. The molecule has 2 heterocycles. The third-order valence-electron chi connectivity index (χ3n) is 6.62. The summed E-state index contributed by atoms with van der Waals surface area (Å²) in [7, 11) is 0. The van der Waals surface area contributed by atoms with E-state index in [9.17, 15) is 13.2 Å². The Morgan fingerprint density at radius 1 is 1.00 bits per heavy atom. The molecule has 5 nitrogen and oxygen atoms in total. The monoisotopic (exact) mass is 565 g/mol. The standard InChI is InChI=1S/C30H38F3NO4S/c1-27(2,3)38-34-29(19-36-28(4,5)37-20-29)15-14-21-12-13-25(24(17-21)30(31,32)33)35-16-8-9-22-18-39-26-11-7-6-10-23(22)26/h6-7,10-13,17-18,34H,8-9,14-16,19-20H2,1-5H3. The van der Waals surface area contributed by atoms with E-state index in [0.717, 1.165) is 6.42 Å². The summed E-state index contributed by atoms with van der Waals surface area (Å²) in [6, 6.07) is 12.5. The molecule has 0 unspecified atom stereocenters. The van der Waals surface area contributed by atoms with E-state index in [2.05, 4.69) is 23.0 Å². The van der Waals surface area contributed by atoms with Crippen LogP contribution in [0.2, 0.25) is 0 Å². The first-order valence-electron chi connectivity index (χ1n) is 13.3. The van der Waals surface area contributed by atoms with E-state index in [4.69, 9.17) is 19.0 Å². The summed E-state index contributed by atoms with van der Waals surface area (Å²) >= 11 is 1.68. The lowest BCUT2D eigenvalue weighted by Crippen LogP contribution is -2.60. The summed E-state index contributed by atoms with van der Waals surface area (Å²) in [5.74, 6) is -0.872. The van der Waals surface area contributed by atoms with Crippen molar-refractivity contribution in [3.05, 3.63) is 64.5 Å². The molecule has 1 aliphatic heterocycles. The van der Waals surface area contributed by atoms with E-state index in [0.29, 0.717) is 38.0 Å². The van der Waals surface area contributed by atoms with Crippen LogP contribution in [0.3, 0.4) is 0 Å². The van der Waals surface area contributed by atoms with Gasteiger partial charge in [-0.2, -0.15) is 18.7 Å². The molecule has 2 aromatic carbocycles.